The molecule has 0 aliphatic carbocycles. The van der Waals surface area contributed by atoms with E-state index in [1.54, 1.807) is 12.1 Å². The minimum Gasteiger partial charge on any atom is -0.453 e. The van der Waals surface area contributed by atoms with Gasteiger partial charge in [-0.25, -0.2) is 4.79 Å². The van der Waals surface area contributed by atoms with Gasteiger partial charge in [0, 0.05) is 6.42 Å². The number of aliphatic hydroxyl groups is 1. The summed E-state index contributed by atoms with van der Waals surface area (Å²) in [4.78, 5) is 11.2. The van der Waals surface area contributed by atoms with Crippen molar-refractivity contribution in [3.63, 3.8) is 0 Å². The molecule has 18 heavy (non-hydrogen) atoms. The molecule has 2 N–H and O–H groups in total. The zero-order chi connectivity index (χ0) is 13.4. The standard InChI is InChI=1S/C14H17NO3/c1-3-4-10-12(15-14(17)18-2)13(16)11-8-6-5-7-9-11/h1,5-9,12-13,16H,4,10H2,2H3,(H,15,17)/t12-,13?/m0/s1. The van der Waals surface area contributed by atoms with Gasteiger partial charge in [0.2, 0.25) is 0 Å². The molecular formula is C14H17NO3. The lowest BCUT2D eigenvalue weighted by Gasteiger charge is -2.23. The molecule has 0 spiro atoms. The van der Waals surface area contributed by atoms with E-state index < -0.39 is 18.2 Å². The van der Waals surface area contributed by atoms with Crippen LogP contribution in [0.25, 0.3) is 0 Å². The summed E-state index contributed by atoms with van der Waals surface area (Å²) in [5.41, 5.74) is 0.732. The first-order chi connectivity index (χ1) is 8.69. The maximum absolute atomic E-state index is 11.2. The van der Waals surface area contributed by atoms with Gasteiger partial charge in [-0.3, -0.25) is 0 Å². The van der Waals surface area contributed by atoms with Crippen LogP contribution in [0.3, 0.4) is 0 Å². The molecule has 4 nitrogen and oxygen atoms in total. The third kappa shape index (κ3) is 4.11. The largest absolute Gasteiger partial charge is 0.453 e. The second-order valence-corrected chi connectivity index (χ2v) is 3.84. The van der Waals surface area contributed by atoms with Crippen molar-refractivity contribution in [1.82, 2.24) is 5.32 Å². The Hall–Kier alpha value is -1.99. The summed E-state index contributed by atoms with van der Waals surface area (Å²) in [6.45, 7) is 0. The molecule has 0 bridgehead atoms. The Morgan fingerprint density at radius 1 is 1.50 bits per heavy atom. The van der Waals surface area contributed by atoms with Gasteiger partial charge in [-0.1, -0.05) is 30.3 Å². The molecule has 1 rings (SSSR count). The molecule has 96 valence electrons. The van der Waals surface area contributed by atoms with Crippen molar-refractivity contribution in [3.05, 3.63) is 35.9 Å². The average molecular weight is 247 g/mol. The van der Waals surface area contributed by atoms with E-state index in [2.05, 4.69) is 16.0 Å². The monoisotopic (exact) mass is 247 g/mol. The Kier molecular flexibility index (Phi) is 5.75. The number of amides is 1. The first-order valence-electron chi connectivity index (χ1n) is 5.70. The molecule has 0 heterocycles. The first kappa shape index (κ1) is 14.1. The summed E-state index contributed by atoms with van der Waals surface area (Å²) in [6, 6.07) is 8.65. The quantitative estimate of drug-likeness (QED) is 0.781. The summed E-state index contributed by atoms with van der Waals surface area (Å²) >= 11 is 0. The predicted molar refractivity (Wildman–Crippen MR) is 68.8 cm³/mol. The van der Waals surface area contributed by atoms with Gasteiger partial charge in [-0.2, -0.15) is 0 Å². The normalized spacial score (nSPS) is 13.2. The number of carbonyl (C=O) groups is 1. The molecule has 0 fully saturated rings. The Bertz CT molecular complexity index is 411. The maximum Gasteiger partial charge on any atom is 0.407 e. The third-order valence-electron chi connectivity index (χ3n) is 2.61. The van der Waals surface area contributed by atoms with Gasteiger partial charge in [0.15, 0.2) is 0 Å². The zero-order valence-corrected chi connectivity index (χ0v) is 10.3. The highest BCUT2D eigenvalue weighted by Crippen LogP contribution is 2.19. The minimum atomic E-state index is -0.807. The summed E-state index contributed by atoms with van der Waals surface area (Å²) in [5.74, 6) is 2.49. The van der Waals surface area contributed by atoms with E-state index in [9.17, 15) is 9.90 Å². The van der Waals surface area contributed by atoms with E-state index >= 15 is 0 Å². The van der Waals surface area contributed by atoms with Crippen LogP contribution in [0.2, 0.25) is 0 Å². The molecule has 0 aromatic heterocycles. The Balaban J connectivity index is 2.75. The fraction of sp³-hybridized carbons (Fsp3) is 0.357. The van der Waals surface area contributed by atoms with Crippen LogP contribution >= 0.6 is 0 Å². The van der Waals surface area contributed by atoms with Crippen LogP contribution in [0.4, 0.5) is 4.79 Å². The number of aliphatic hydroxyl groups excluding tert-OH is 1. The lowest BCUT2D eigenvalue weighted by Crippen LogP contribution is -2.39. The van der Waals surface area contributed by atoms with Crippen LogP contribution < -0.4 is 5.32 Å². The van der Waals surface area contributed by atoms with Gasteiger partial charge < -0.3 is 15.2 Å². The van der Waals surface area contributed by atoms with Gasteiger partial charge in [-0.15, -0.1) is 12.3 Å². The number of rotatable bonds is 5. The molecule has 0 saturated heterocycles. The Labute approximate surface area is 107 Å². The number of hydrogen-bond donors (Lipinski definition) is 2. The van der Waals surface area contributed by atoms with Gasteiger partial charge in [-0.05, 0) is 12.0 Å². The van der Waals surface area contributed by atoms with Gasteiger partial charge in [0.25, 0.3) is 0 Å². The molecule has 2 atom stereocenters. The Morgan fingerprint density at radius 2 is 2.17 bits per heavy atom. The number of terminal acetylenes is 1. The van der Waals surface area contributed by atoms with Crippen molar-refractivity contribution in [2.75, 3.05) is 7.11 Å². The van der Waals surface area contributed by atoms with Crippen molar-refractivity contribution >= 4 is 6.09 Å². The Morgan fingerprint density at radius 3 is 2.72 bits per heavy atom. The summed E-state index contributed by atoms with van der Waals surface area (Å²) in [7, 11) is 1.28. The van der Waals surface area contributed by atoms with Crippen molar-refractivity contribution in [2.45, 2.75) is 25.0 Å². The van der Waals surface area contributed by atoms with Crippen molar-refractivity contribution in [3.8, 4) is 12.3 Å². The van der Waals surface area contributed by atoms with Crippen LogP contribution in [-0.2, 0) is 4.74 Å². The third-order valence-corrected chi connectivity index (χ3v) is 2.61. The highest BCUT2D eigenvalue weighted by Gasteiger charge is 2.22. The van der Waals surface area contributed by atoms with E-state index in [0.29, 0.717) is 12.8 Å². The molecule has 0 aliphatic heterocycles. The molecule has 1 unspecified atom stereocenters. The second-order valence-electron chi connectivity index (χ2n) is 3.84. The fourth-order valence-electron chi connectivity index (χ4n) is 1.64. The van der Waals surface area contributed by atoms with Crippen molar-refractivity contribution in [1.29, 1.82) is 0 Å². The SMILES string of the molecule is C#CCC[C@H](NC(=O)OC)C(O)c1ccccc1. The topological polar surface area (TPSA) is 58.6 Å². The maximum atomic E-state index is 11.2. The van der Waals surface area contributed by atoms with Crippen molar-refractivity contribution in [2.24, 2.45) is 0 Å². The molecule has 1 aromatic carbocycles. The number of benzene rings is 1. The van der Waals surface area contributed by atoms with E-state index in [1.165, 1.54) is 7.11 Å². The first-order valence-corrected chi connectivity index (χ1v) is 5.70. The molecule has 1 aromatic rings. The van der Waals surface area contributed by atoms with Gasteiger partial charge in [0.05, 0.1) is 19.3 Å². The summed E-state index contributed by atoms with van der Waals surface area (Å²) in [5, 5.41) is 12.8. The summed E-state index contributed by atoms with van der Waals surface area (Å²) < 4.78 is 4.53. The number of carbonyl (C=O) groups excluding carboxylic acids is 1. The lowest BCUT2D eigenvalue weighted by atomic mass is 9.99. The average Bonchev–Trinajstić information content (AvgIpc) is 2.43. The van der Waals surface area contributed by atoms with Crippen LogP contribution in [0, 0.1) is 12.3 Å². The fourth-order valence-corrected chi connectivity index (χ4v) is 1.64. The van der Waals surface area contributed by atoms with Gasteiger partial charge in [0.1, 0.15) is 0 Å². The molecule has 0 saturated carbocycles. The number of nitrogens with one attached hydrogen (secondary N) is 1. The van der Waals surface area contributed by atoms with Crippen LogP contribution in [-0.4, -0.2) is 24.4 Å². The van der Waals surface area contributed by atoms with E-state index in [-0.39, 0.29) is 0 Å². The van der Waals surface area contributed by atoms with Crippen molar-refractivity contribution < 1.29 is 14.6 Å². The molecule has 1 amide bonds. The lowest BCUT2D eigenvalue weighted by molar-refractivity contribution is 0.111. The molecule has 0 radical (unpaired) electrons. The number of methoxy groups -OCH3 is 1. The molecule has 0 aliphatic rings. The smallest absolute Gasteiger partial charge is 0.407 e. The second kappa shape index (κ2) is 7.36. The van der Waals surface area contributed by atoms with Crippen LogP contribution in [0.15, 0.2) is 30.3 Å². The van der Waals surface area contributed by atoms with Gasteiger partial charge >= 0.3 is 6.09 Å². The number of ether oxygens (including phenoxy) is 1. The van der Waals surface area contributed by atoms with Crippen LogP contribution in [0.1, 0.15) is 24.5 Å². The highest BCUT2D eigenvalue weighted by molar-refractivity contribution is 5.67. The van der Waals surface area contributed by atoms with E-state index in [1.807, 2.05) is 18.2 Å². The van der Waals surface area contributed by atoms with E-state index in [0.717, 1.165) is 5.56 Å². The number of hydrogen-bond acceptors (Lipinski definition) is 3. The highest BCUT2D eigenvalue weighted by atomic mass is 16.5. The van der Waals surface area contributed by atoms with Crippen LogP contribution in [0.5, 0.6) is 0 Å². The molecule has 4 heteroatoms. The zero-order valence-electron chi connectivity index (χ0n) is 10.3. The predicted octanol–water partition coefficient (Wildman–Crippen LogP) is 1.86. The molecular weight excluding hydrogens is 230 g/mol. The minimum absolute atomic E-state index is 0.462. The summed E-state index contributed by atoms with van der Waals surface area (Å²) in [6.07, 6.45) is 4.78. The number of alkyl carbamates (subject to hydrolysis) is 1. The van der Waals surface area contributed by atoms with E-state index in [4.69, 9.17) is 6.42 Å².